The molecule has 102 valence electrons. The van der Waals surface area contributed by atoms with E-state index in [-0.39, 0.29) is 5.41 Å². The number of alkyl halides is 1. The second kappa shape index (κ2) is 5.86. The molecule has 0 spiro atoms. The molecule has 3 rings (SSSR count). The maximum atomic E-state index is 5.40. The monoisotopic (exact) mass is 363 g/mol. The third kappa shape index (κ3) is 2.87. The van der Waals surface area contributed by atoms with Crippen LogP contribution in [-0.4, -0.2) is 28.2 Å². The van der Waals surface area contributed by atoms with E-state index >= 15 is 0 Å². The minimum absolute atomic E-state index is 0.116. The van der Waals surface area contributed by atoms with E-state index in [2.05, 4.69) is 51.9 Å². The third-order valence-corrected chi connectivity index (χ3v) is 4.12. The summed E-state index contributed by atoms with van der Waals surface area (Å²) in [7, 11) is 0. The second-order valence-corrected chi connectivity index (χ2v) is 5.59. The summed E-state index contributed by atoms with van der Waals surface area (Å²) < 4.78 is 5.40. The summed E-state index contributed by atoms with van der Waals surface area (Å²) in [6.07, 6.45) is 3.41. The van der Waals surface area contributed by atoms with E-state index in [0.717, 1.165) is 43.6 Å². The van der Waals surface area contributed by atoms with Gasteiger partial charge in [0, 0.05) is 11.3 Å². The molecule has 4 nitrogen and oxygen atoms in total. The van der Waals surface area contributed by atoms with Gasteiger partial charge >= 0.3 is 0 Å². The molecule has 18 heavy (non-hydrogen) atoms. The molecule has 0 bridgehead atoms. The Labute approximate surface area is 122 Å². The van der Waals surface area contributed by atoms with Crippen LogP contribution in [0.3, 0.4) is 0 Å². The molecule has 1 saturated carbocycles. The highest BCUT2D eigenvalue weighted by Gasteiger charge is 2.41. The number of rotatable bonds is 2. The quantitative estimate of drug-likeness (QED) is 0.649. The fourth-order valence-electron chi connectivity index (χ4n) is 2.50. The molecule has 0 radical (unpaired) electrons. The normalized spacial score (nSPS) is 29.3. The predicted octanol–water partition coefficient (Wildman–Crippen LogP) is 2.89. The zero-order valence-corrected chi connectivity index (χ0v) is 13.5. The van der Waals surface area contributed by atoms with E-state index in [1.165, 1.54) is 6.42 Å². The lowest BCUT2D eigenvalue weighted by atomic mass is 9.80. The Morgan fingerprint density at radius 2 is 1.94 bits per heavy atom. The van der Waals surface area contributed by atoms with Crippen LogP contribution >= 0.6 is 22.6 Å². The van der Waals surface area contributed by atoms with Gasteiger partial charge in [0.1, 0.15) is 0 Å². The number of nitrogens with zero attached hydrogens (tertiary/aromatic N) is 2. The lowest BCUT2D eigenvalue weighted by molar-refractivity contribution is 0.299. The summed E-state index contributed by atoms with van der Waals surface area (Å²) in [6, 6.07) is 0. The maximum absolute atomic E-state index is 5.40. The Kier molecular flexibility index (Phi) is 4.64. The van der Waals surface area contributed by atoms with Crippen molar-refractivity contribution in [3.05, 3.63) is 11.7 Å². The fourth-order valence-corrected chi connectivity index (χ4v) is 2.50. The van der Waals surface area contributed by atoms with Crippen LogP contribution in [0.2, 0.25) is 0 Å². The lowest BCUT2D eigenvalue weighted by Gasteiger charge is -2.30. The van der Waals surface area contributed by atoms with E-state index in [1.807, 2.05) is 4.93 Å². The van der Waals surface area contributed by atoms with Gasteiger partial charge in [-0.25, -0.2) is 0 Å². The first kappa shape index (κ1) is 14.2. The summed E-state index contributed by atoms with van der Waals surface area (Å²) in [6.45, 7) is 6.60. The first-order chi connectivity index (χ1) is 8.69. The van der Waals surface area contributed by atoms with Crippen molar-refractivity contribution in [3.63, 3.8) is 0 Å². The molecule has 2 heterocycles. The van der Waals surface area contributed by atoms with Gasteiger partial charge in [0.15, 0.2) is 5.82 Å². The first-order valence-electron chi connectivity index (χ1n) is 6.62. The Morgan fingerprint density at radius 1 is 1.33 bits per heavy atom. The third-order valence-electron chi connectivity index (χ3n) is 4.12. The largest absolute Gasteiger partial charge is 0.339 e. The van der Waals surface area contributed by atoms with Crippen molar-refractivity contribution in [1.29, 1.82) is 0 Å². The minimum Gasteiger partial charge on any atom is -0.339 e. The van der Waals surface area contributed by atoms with Crippen LogP contribution in [0.25, 0.3) is 0 Å². The van der Waals surface area contributed by atoms with Crippen molar-refractivity contribution >= 4 is 22.6 Å². The molecular formula is C13H22IN3O. The molecular weight excluding hydrogens is 341 g/mol. The topological polar surface area (TPSA) is 51.0 Å². The smallest absolute Gasteiger partial charge is 0.230 e. The molecule has 1 N–H and O–H groups in total. The van der Waals surface area contributed by atoms with Gasteiger partial charge in [-0.2, -0.15) is 4.98 Å². The molecule has 5 heteroatoms. The van der Waals surface area contributed by atoms with Crippen molar-refractivity contribution in [2.45, 2.75) is 44.4 Å². The van der Waals surface area contributed by atoms with Crippen molar-refractivity contribution < 1.29 is 4.52 Å². The van der Waals surface area contributed by atoms with Crippen molar-refractivity contribution in [1.82, 2.24) is 15.5 Å². The number of piperidine rings is 1. The van der Waals surface area contributed by atoms with Crippen LogP contribution in [0.5, 0.6) is 0 Å². The summed E-state index contributed by atoms with van der Waals surface area (Å²) in [5.41, 5.74) is 0.116. The molecule has 0 aromatic carbocycles. The van der Waals surface area contributed by atoms with Crippen molar-refractivity contribution in [2.24, 2.45) is 5.92 Å². The second-order valence-electron chi connectivity index (χ2n) is 5.59. The summed E-state index contributed by atoms with van der Waals surface area (Å²) in [5, 5.41) is 7.57. The standard InChI is InChI=1S/C12H19N3O.CH3I/c1-8-7-9(8)10-14-11(15-16-10)12(2)3-5-13-6-4-12;1-2/h8-9,13H,3-7H2,1-2H3;1H3/t8-,9+;/m1./s1. The molecule has 2 atom stereocenters. The Morgan fingerprint density at radius 3 is 2.50 bits per heavy atom. The highest BCUT2D eigenvalue weighted by atomic mass is 127. The Balaban J connectivity index is 0.000000574. The van der Waals surface area contributed by atoms with Gasteiger partial charge in [0.25, 0.3) is 0 Å². The molecule has 0 unspecified atom stereocenters. The van der Waals surface area contributed by atoms with Crippen LogP contribution in [0.1, 0.15) is 50.7 Å². The minimum atomic E-state index is 0.116. The molecule has 2 fully saturated rings. The average Bonchev–Trinajstić information content (AvgIpc) is 2.94. The molecule has 2 aliphatic rings. The first-order valence-corrected chi connectivity index (χ1v) is 8.77. The van der Waals surface area contributed by atoms with Crippen LogP contribution in [0, 0.1) is 5.92 Å². The van der Waals surface area contributed by atoms with Crippen LogP contribution in [0.4, 0.5) is 0 Å². The summed E-state index contributed by atoms with van der Waals surface area (Å²) in [4.78, 5) is 6.58. The predicted molar refractivity (Wildman–Crippen MR) is 80.2 cm³/mol. The number of halogens is 1. The zero-order chi connectivity index (χ0) is 13.2. The van der Waals surface area contributed by atoms with Gasteiger partial charge < -0.3 is 9.84 Å². The van der Waals surface area contributed by atoms with E-state index in [4.69, 9.17) is 4.52 Å². The van der Waals surface area contributed by atoms with Gasteiger partial charge in [-0.05, 0) is 43.2 Å². The van der Waals surface area contributed by atoms with Crippen molar-refractivity contribution in [2.75, 3.05) is 18.0 Å². The van der Waals surface area contributed by atoms with Crippen LogP contribution in [-0.2, 0) is 5.41 Å². The number of nitrogens with one attached hydrogen (secondary N) is 1. The molecule has 1 aliphatic heterocycles. The SMILES string of the molecule is CI.C[C@@H]1C[C@@H]1c1nc(C2(C)CCNCC2)no1. The summed E-state index contributed by atoms with van der Waals surface area (Å²) >= 11 is 2.15. The number of hydrogen-bond acceptors (Lipinski definition) is 4. The van der Waals surface area contributed by atoms with Crippen molar-refractivity contribution in [3.8, 4) is 0 Å². The number of aromatic nitrogens is 2. The van der Waals surface area contributed by atoms with E-state index in [1.54, 1.807) is 0 Å². The van der Waals surface area contributed by atoms with Crippen LogP contribution in [0.15, 0.2) is 4.52 Å². The molecule has 1 aromatic rings. The van der Waals surface area contributed by atoms with Gasteiger partial charge in [-0.1, -0.05) is 41.6 Å². The number of hydrogen-bond donors (Lipinski definition) is 1. The van der Waals surface area contributed by atoms with Crippen LogP contribution < -0.4 is 5.32 Å². The molecule has 1 aliphatic carbocycles. The van der Waals surface area contributed by atoms with E-state index in [0.29, 0.717) is 5.92 Å². The molecule has 0 amide bonds. The van der Waals surface area contributed by atoms with Gasteiger partial charge in [-0.3, -0.25) is 0 Å². The Hall–Kier alpha value is -0.170. The van der Waals surface area contributed by atoms with E-state index in [9.17, 15) is 0 Å². The average molecular weight is 363 g/mol. The van der Waals surface area contributed by atoms with Gasteiger partial charge in [0.05, 0.1) is 0 Å². The molecule has 1 saturated heterocycles. The lowest BCUT2D eigenvalue weighted by Crippen LogP contribution is -2.38. The maximum Gasteiger partial charge on any atom is 0.230 e. The zero-order valence-electron chi connectivity index (χ0n) is 11.4. The fraction of sp³-hybridized carbons (Fsp3) is 0.846. The highest BCUT2D eigenvalue weighted by Crippen LogP contribution is 2.46. The highest BCUT2D eigenvalue weighted by molar-refractivity contribution is 14.1. The molecule has 1 aromatic heterocycles. The summed E-state index contributed by atoms with van der Waals surface area (Å²) in [5.74, 6) is 3.05. The van der Waals surface area contributed by atoms with Gasteiger partial charge in [-0.15, -0.1) is 0 Å². The van der Waals surface area contributed by atoms with E-state index < -0.39 is 0 Å². The Bertz CT molecular complexity index is 387. The van der Waals surface area contributed by atoms with Gasteiger partial charge in [0.2, 0.25) is 5.89 Å².